The lowest BCUT2D eigenvalue weighted by atomic mass is 10.1. The molecule has 8 heteroatoms. The van der Waals surface area contributed by atoms with Gasteiger partial charge in [-0.1, -0.05) is 45.4 Å². The van der Waals surface area contributed by atoms with E-state index in [-0.39, 0.29) is 13.4 Å². The molecular formula is C37H46O8. The Morgan fingerprint density at radius 1 is 0.511 bits per heavy atom. The van der Waals surface area contributed by atoms with Crippen molar-refractivity contribution in [2.45, 2.75) is 55.9 Å². The molecule has 0 atom stereocenters. The van der Waals surface area contributed by atoms with Crippen LogP contribution in [0.3, 0.4) is 0 Å². The summed E-state index contributed by atoms with van der Waals surface area (Å²) >= 11 is 0. The zero-order valence-corrected chi connectivity index (χ0v) is 27.1. The van der Waals surface area contributed by atoms with Gasteiger partial charge in [0.05, 0.1) is 14.2 Å². The molecule has 0 N–H and O–H groups in total. The molecule has 0 aliphatic heterocycles. The van der Waals surface area contributed by atoms with Crippen molar-refractivity contribution in [2.75, 3.05) is 14.2 Å². The zero-order valence-electron chi connectivity index (χ0n) is 27.1. The average Bonchev–Trinajstić information content (AvgIpc) is 2.98. The second-order valence-corrected chi connectivity index (χ2v) is 9.77. The Hall–Kier alpha value is -5.11. The van der Waals surface area contributed by atoms with Crippen LogP contribution in [0.15, 0.2) is 56.1 Å². The van der Waals surface area contributed by atoms with Gasteiger partial charge in [-0.3, -0.25) is 4.79 Å². The summed E-state index contributed by atoms with van der Waals surface area (Å²) in [4.78, 5) is 32.8. The molecule has 3 rings (SSSR count). The van der Waals surface area contributed by atoms with Crippen molar-refractivity contribution < 1.29 is 38.1 Å². The molecule has 0 amide bonds. The van der Waals surface area contributed by atoms with Crippen LogP contribution in [0.1, 0.15) is 64.4 Å². The summed E-state index contributed by atoms with van der Waals surface area (Å²) in [5.74, 6) is 1.46. The van der Waals surface area contributed by atoms with E-state index >= 15 is 0 Å². The van der Waals surface area contributed by atoms with Gasteiger partial charge >= 0.3 is 18.3 Å². The van der Waals surface area contributed by atoms with E-state index in [1.165, 1.54) is 21.1 Å². The van der Waals surface area contributed by atoms with E-state index in [9.17, 15) is 14.4 Å². The Bertz CT molecular complexity index is 1380. The lowest BCUT2D eigenvalue weighted by molar-refractivity contribution is -0.132. The fourth-order valence-electron chi connectivity index (χ4n) is 4.18. The normalized spacial score (nSPS) is 9.36. The zero-order chi connectivity index (χ0) is 33.6. The minimum absolute atomic E-state index is 0. The summed E-state index contributed by atoms with van der Waals surface area (Å²) in [6.45, 7) is 23.8. The summed E-state index contributed by atoms with van der Waals surface area (Å²) < 4.78 is 24.0. The molecule has 45 heavy (non-hydrogen) atoms. The number of aryl methyl sites for hydroxylation is 6. The Balaban J connectivity index is 0.000000639. The number of benzene rings is 3. The number of methoxy groups -OCH3 is 2. The van der Waals surface area contributed by atoms with Crippen molar-refractivity contribution in [2.24, 2.45) is 0 Å². The molecule has 8 nitrogen and oxygen atoms in total. The van der Waals surface area contributed by atoms with E-state index in [2.05, 4.69) is 29.2 Å². The molecule has 0 aliphatic carbocycles. The van der Waals surface area contributed by atoms with Crippen molar-refractivity contribution in [3.05, 3.63) is 106 Å². The highest BCUT2D eigenvalue weighted by Gasteiger charge is 2.12. The highest BCUT2D eigenvalue weighted by atomic mass is 16.7. The van der Waals surface area contributed by atoms with Gasteiger partial charge < -0.3 is 23.7 Å². The van der Waals surface area contributed by atoms with Gasteiger partial charge in [0, 0.05) is 6.92 Å². The SMILES string of the molecule is C.C=Cc1cc(C)c(OC(=O)OC)c(C)c1.C=Cc1cc(C)c(OC(=O)OC)c(C)c1.C=Cc1cc(C)c(OC(C)=O)c(C)c1. The minimum atomic E-state index is -0.701. The molecule has 0 bridgehead atoms. The first-order valence-electron chi connectivity index (χ1n) is 13.6. The molecule has 0 heterocycles. The molecular weight excluding hydrogens is 572 g/mol. The monoisotopic (exact) mass is 618 g/mol. The molecule has 242 valence electrons. The molecule has 0 saturated carbocycles. The number of ether oxygens (including phenoxy) is 5. The maximum absolute atomic E-state index is 11.0. The third kappa shape index (κ3) is 12.6. The third-order valence-electron chi connectivity index (χ3n) is 6.10. The highest BCUT2D eigenvalue weighted by Crippen LogP contribution is 2.27. The Labute approximate surface area is 267 Å². The second kappa shape index (κ2) is 19.2. The molecule has 0 saturated heterocycles. The van der Waals surface area contributed by atoms with Crippen LogP contribution in [0.25, 0.3) is 18.2 Å². The summed E-state index contributed by atoms with van der Waals surface area (Å²) in [5.41, 5.74) is 8.49. The van der Waals surface area contributed by atoms with Crippen LogP contribution in [0.2, 0.25) is 0 Å². The molecule has 0 unspecified atom stereocenters. The Morgan fingerprint density at radius 2 is 0.733 bits per heavy atom. The molecule has 0 radical (unpaired) electrons. The molecule has 0 spiro atoms. The predicted octanol–water partition coefficient (Wildman–Crippen LogP) is 9.69. The largest absolute Gasteiger partial charge is 0.513 e. The molecule has 0 aromatic heterocycles. The summed E-state index contributed by atoms with van der Waals surface area (Å²) in [7, 11) is 2.57. The van der Waals surface area contributed by atoms with Gasteiger partial charge in [0.2, 0.25) is 0 Å². The van der Waals surface area contributed by atoms with Crippen LogP contribution in [-0.2, 0) is 14.3 Å². The molecule has 0 aliphatic rings. The van der Waals surface area contributed by atoms with E-state index in [1.807, 2.05) is 77.9 Å². The predicted molar refractivity (Wildman–Crippen MR) is 182 cm³/mol. The van der Waals surface area contributed by atoms with Gasteiger partial charge in [-0.25, -0.2) is 9.59 Å². The number of carbonyl (C=O) groups excluding carboxylic acids is 3. The molecule has 3 aromatic rings. The topological polar surface area (TPSA) is 97.4 Å². The van der Waals surface area contributed by atoms with Crippen molar-refractivity contribution in [1.29, 1.82) is 0 Å². The summed E-state index contributed by atoms with van der Waals surface area (Å²) in [6, 6.07) is 11.5. The van der Waals surface area contributed by atoms with Crippen LogP contribution >= 0.6 is 0 Å². The lowest BCUT2D eigenvalue weighted by Crippen LogP contribution is -2.09. The van der Waals surface area contributed by atoms with E-state index in [0.29, 0.717) is 17.2 Å². The highest BCUT2D eigenvalue weighted by molar-refractivity contribution is 5.71. The second-order valence-electron chi connectivity index (χ2n) is 9.77. The van der Waals surface area contributed by atoms with Crippen molar-refractivity contribution in [1.82, 2.24) is 0 Å². The van der Waals surface area contributed by atoms with Gasteiger partial charge in [0.1, 0.15) is 17.2 Å². The Morgan fingerprint density at radius 3 is 0.911 bits per heavy atom. The van der Waals surface area contributed by atoms with E-state index in [1.54, 1.807) is 18.2 Å². The first-order chi connectivity index (χ1) is 20.7. The van der Waals surface area contributed by atoms with Crippen LogP contribution in [0.4, 0.5) is 9.59 Å². The van der Waals surface area contributed by atoms with Gasteiger partial charge in [0.15, 0.2) is 0 Å². The van der Waals surface area contributed by atoms with Gasteiger partial charge in [-0.15, -0.1) is 0 Å². The lowest BCUT2D eigenvalue weighted by Gasteiger charge is -2.10. The van der Waals surface area contributed by atoms with Gasteiger partial charge in [-0.2, -0.15) is 0 Å². The van der Waals surface area contributed by atoms with Crippen LogP contribution in [0.5, 0.6) is 17.2 Å². The van der Waals surface area contributed by atoms with Gasteiger partial charge in [-0.05, 0) is 128 Å². The van der Waals surface area contributed by atoms with Crippen molar-refractivity contribution in [3.8, 4) is 17.2 Å². The van der Waals surface area contributed by atoms with Crippen LogP contribution < -0.4 is 14.2 Å². The number of esters is 1. The number of hydrogen-bond acceptors (Lipinski definition) is 8. The maximum Gasteiger partial charge on any atom is 0.513 e. The minimum Gasteiger partial charge on any atom is -0.437 e. The summed E-state index contributed by atoms with van der Waals surface area (Å²) in [6.07, 6.45) is 3.88. The molecule has 3 aromatic carbocycles. The Kier molecular flexibility index (Phi) is 17.0. The smallest absolute Gasteiger partial charge is 0.437 e. The number of carbonyl (C=O) groups is 3. The number of rotatable bonds is 6. The fraction of sp³-hybridized carbons (Fsp3) is 0.270. The van der Waals surface area contributed by atoms with Crippen LogP contribution in [0, 0.1) is 41.5 Å². The van der Waals surface area contributed by atoms with E-state index < -0.39 is 12.3 Å². The van der Waals surface area contributed by atoms with E-state index in [0.717, 1.165) is 50.1 Å². The van der Waals surface area contributed by atoms with Crippen LogP contribution in [-0.4, -0.2) is 32.5 Å². The first-order valence-corrected chi connectivity index (χ1v) is 13.6. The van der Waals surface area contributed by atoms with Crippen molar-refractivity contribution >= 4 is 36.5 Å². The van der Waals surface area contributed by atoms with Gasteiger partial charge in [0.25, 0.3) is 0 Å². The quantitative estimate of drug-likeness (QED) is 0.153. The first kappa shape index (κ1) is 39.9. The fourth-order valence-corrected chi connectivity index (χ4v) is 4.18. The summed E-state index contributed by atoms with van der Waals surface area (Å²) in [5, 5.41) is 0. The molecule has 0 fully saturated rings. The standard InChI is InChI=1S/2C12H14O3.C12H14O2.CH4/c2*1-5-10-6-8(2)11(9(3)7-10)15-12(13)14-4;1-5-11-6-8(2)12(9(3)7-11)14-10(4)13;/h2*5-7H,1H2,2-4H3;5-7H,1H2,2-4H3;1H4. The maximum atomic E-state index is 11.0. The van der Waals surface area contributed by atoms with Crippen molar-refractivity contribution in [3.63, 3.8) is 0 Å². The third-order valence-corrected chi connectivity index (χ3v) is 6.10. The van der Waals surface area contributed by atoms with E-state index in [4.69, 9.17) is 14.2 Å². The average molecular weight is 619 g/mol. The number of hydrogen-bond donors (Lipinski definition) is 0.